The van der Waals surface area contributed by atoms with Crippen molar-refractivity contribution >= 4 is 30.7 Å². The molecule has 0 amide bonds. The van der Waals surface area contributed by atoms with E-state index in [2.05, 4.69) is 153 Å². The third kappa shape index (κ3) is 11.8. The molecule has 0 aromatic heterocycles. The number of hydrogen-bond acceptors (Lipinski definition) is 6. The highest BCUT2D eigenvalue weighted by molar-refractivity contribution is 6.75. The largest absolute Gasteiger partial charge is 0.416 e. The van der Waals surface area contributed by atoms with Crippen LogP contribution in [-0.2, 0) is 18.1 Å². The fraction of sp³-hybridized carbons (Fsp3) is 0.865. The van der Waals surface area contributed by atoms with Gasteiger partial charge in [-0.05, 0) is 86.2 Å². The Morgan fingerprint density at radius 1 is 0.891 bits per heavy atom. The van der Waals surface area contributed by atoms with Gasteiger partial charge in [0.25, 0.3) is 0 Å². The van der Waals surface area contributed by atoms with Crippen LogP contribution in [0.2, 0.25) is 54.4 Å². The number of nitrogens with zero attached hydrogens (tertiary/aromatic N) is 1. The first-order valence-electron chi connectivity index (χ1n) is 17.8. The van der Waals surface area contributed by atoms with Crippen molar-refractivity contribution in [2.75, 3.05) is 13.2 Å². The molecule has 46 heavy (non-hydrogen) atoms. The van der Waals surface area contributed by atoms with E-state index in [-0.39, 0.29) is 45.1 Å². The van der Waals surface area contributed by atoms with Crippen molar-refractivity contribution in [3.05, 3.63) is 23.8 Å². The molecule has 0 aromatic rings. The molecule has 0 spiro atoms. The first-order chi connectivity index (χ1) is 20.6. The summed E-state index contributed by atoms with van der Waals surface area (Å²) in [6.45, 7) is 43.5. The van der Waals surface area contributed by atoms with Crippen LogP contribution in [0.5, 0.6) is 0 Å². The molecule has 1 aliphatic heterocycles. The Bertz CT molecular complexity index is 1050. The number of aliphatic hydroxyl groups excluding tert-OH is 1. The zero-order valence-electron chi connectivity index (χ0n) is 33.6. The van der Waals surface area contributed by atoms with Gasteiger partial charge < -0.3 is 23.2 Å². The van der Waals surface area contributed by atoms with Gasteiger partial charge in [0, 0.05) is 31.5 Å². The van der Waals surface area contributed by atoms with Gasteiger partial charge in [0.1, 0.15) is 6.10 Å². The van der Waals surface area contributed by atoms with E-state index < -0.39 is 31.1 Å². The third-order valence-corrected chi connectivity index (χ3v) is 24.9. The van der Waals surface area contributed by atoms with Crippen LogP contribution in [0.4, 0.5) is 0 Å². The molecule has 0 aliphatic carbocycles. The summed E-state index contributed by atoms with van der Waals surface area (Å²) < 4.78 is 21.2. The number of allylic oxidation sites excluding steroid dienone is 3. The van der Waals surface area contributed by atoms with Gasteiger partial charge in [0.2, 0.25) is 0 Å². The van der Waals surface area contributed by atoms with Gasteiger partial charge in [-0.1, -0.05) is 99.5 Å². The summed E-state index contributed by atoms with van der Waals surface area (Å²) in [4.78, 5) is 6.11. The summed E-state index contributed by atoms with van der Waals surface area (Å²) in [7, 11) is -6.54. The molecule has 1 heterocycles. The molecular formula is C37H75NO5Si3. The smallest absolute Gasteiger partial charge is 0.192 e. The maximum atomic E-state index is 12.8. The average Bonchev–Trinajstić information content (AvgIpc) is 3.35. The molecule has 0 saturated carbocycles. The van der Waals surface area contributed by atoms with E-state index in [0.29, 0.717) is 19.6 Å². The molecule has 270 valence electrons. The summed E-state index contributed by atoms with van der Waals surface area (Å²) in [5.74, 6) is -0.369. The maximum absolute atomic E-state index is 12.8. The Labute approximate surface area is 288 Å². The van der Waals surface area contributed by atoms with Crippen LogP contribution in [0.25, 0.3) is 0 Å². The Morgan fingerprint density at radius 3 is 1.78 bits per heavy atom. The number of hydrogen-bond donors (Lipinski definition) is 1. The van der Waals surface area contributed by atoms with Crippen molar-refractivity contribution in [2.24, 2.45) is 22.9 Å². The van der Waals surface area contributed by atoms with Gasteiger partial charge in [0.15, 0.2) is 25.0 Å². The second-order valence-electron chi connectivity index (χ2n) is 18.4. The van der Waals surface area contributed by atoms with Crippen LogP contribution in [0.15, 0.2) is 29.0 Å². The Hall–Kier alpha value is -0.559. The average molecular weight is 698 g/mol. The monoisotopic (exact) mass is 697 g/mol. The van der Waals surface area contributed by atoms with E-state index in [1.165, 1.54) is 0 Å². The molecule has 6 atom stereocenters. The SMILES string of the molecule is C/C=C\[C@H](C)/C=C(\C)[C@@H](O[Si](C)(C)C(C)(C)C)[C@@H](CO[Si](C)(C)C(C)(C)C)[C@H](O)[C@H](CO[Si](C)(C)C(C)(C)C)[C@@H]1CC(CC)=NO1. The first kappa shape index (κ1) is 43.5. The number of aliphatic hydroxyl groups is 1. The van der Waals surface area contributed by atoms with Crippen molar-refractivity contribution in [2.45, 2.75) is 176 Å². The van der Waals surface area contributed by atoms with E-state index in [1.807, 2.05) is 0 Å². The lowest BCUT2D eigenvalue weighted by atomic mass is 9.81. The van der Waals surface area contributed by atoms with Crippen molar-refractivity contribution in [1.29, 1.82) is 0 Å². The number of oxime groups is 1. The van der Waals surface area contributed by atoms with Crippen molar-refractivity contribution < 1.29 is 23.2 Å². The highest BCUT2D eigenvalue weighted by Crippen LogP contribution is 2.43. The second-order valence-corrected chi connectivity index (χ2v) is 32.8. The first-order valence-corrected chi connectivity index (χ1v) is 26.5. The van der Waals surface area contributed by atoms with Gasteiger partial charge in [-0.25, -0.2) is 0 Å². The zero-order chi connectivity index (χ0) is 36.1. The third-order valence-electron chi connectivity index (χ3n) is 11.5. The maximum Gasteiger partial charge on any atom is 0.192 e. The predicted molar refractivity (Wildman–Crippen MR) is 206 cm³/mol. The summed E-state index contributed by atoms with van der Waals surface area (Å²) in [6, 6.07) is 0. The van der Waals surface area contributed by atoms with E-state index >= 15 is 0 Å². The fourth-order valence-electron chi connectivity index (χ4n) is 4.92. The van der Waals surface area contributed by atoms with E-state index in [4.69, 9.17) is 18.1 Å². The summed E-state index contributed by atoms with van der Waals surface area (Å²) >= 11 is 0. The van der Waals surface area contributed by atoms with Gasteiger partial charge in [0.05, 0.1) is 17.9 Å². The molecule has 0 aromatic carbocycles. The van der Waals surface area contributed by atoms with Crippen molar-refractivity contribution in [3.63, 3.8) is 0 Å². The molecule has 9 heteroatoms. The topological polar surface area (TPSA) is 69.5 Å². The van der Waals surface area contributed by atoms with Crippen molar-refractivity contribution in [3.8, 4) is 0 Å². The lowest BCUT2D eigenvalue weighted by Crippen LogP contribution is -2.54. The van der Waals surface area contributed by atoms with Crippen LogP contribution >= 0.6 is 0 Å². The molecule has 6 nitrogen and oxygen atoms in total. The van der Waals surface area contributed by atoms with Gasteiger partial charge in [-0.3, -0.25) is 0 Å². The van der Waals surface area contributed by atoms with Crippen LogP contribution in [0, 0.1) is 17.8 Å². The van der Waals surface area contributed by atoms with Crippen LogP contribution in [0.3, 0.4) is 0 Å². The molecule has 0 saturated heterocycles. The highest BCUT2D eigenvalue weighted by atomic mass is 28.4. The number of rotatable bonds is 16. The minimum atomic E-state index is -2.27. The van der Waals surface area contributed by atoms with Crippen LogP contribution in [0.1, 0.15) is 103 Å². The summed E-state index contributed by atoms with van der Waals surface area (Å²) in [6.07, 6.45) is 6.77. The second kappa shape index (κ2) is 16.4. The van der Waals surface area contributed by atoms with Crippen LogP contribution in [-0.4, -0.2) is 67.3 Å². The summed E-state index contributed by atoms with van der Waals surface area (Å²) in [5, 5.41) is 17.3. The van der Waals surface area contributed by atoms with Gasteiger partial charge in [-0.15, -0.1) is 0 Å². The molecule has 0 bridgehead atoms. The Kier molecular flexibility index (Phi) is 15.5. The quantitative estimate of drug-likeness (QED) is 0.128. The normalized spacial score (nSPS) is 21.2. The van der Waals surface area contributed by atoms with Crippen molar-refractivity contribution in [1.82, 2.24) is 0 Å². The standard InChI is InChI=1S/C37H75NO5Si3/c1-20-22-27(3)23-28(4)34(43-46(18,19)37(11,12)13)31(26-41-45(16,17)36(8,9)10)33(39)30(32-24-29(21-2)38-42-32)25-40-44(14,15)35(5,6)7/h20,22-23,27,30-34,39H,21,24-26H2,1-19H3/b22-20-,28-23+/t27-,30+,31-,32-,33+,34+/m0/s1. The van der Waals surface area contributed by atoms with Gasteiger partial charge in [-0.2, -0.15) is 0 Å². The van der Waals surface area contributed by atoms with Gasteiger partial charge >= 0.3 is 0 Å². The molecule has 0 radical (unpaired) electrons. The van der Waals surface area contributed by atoms with E-state index in [1.54, 1.807) is 0 Å². The zero-order valence-corrected chi connectivity index (χ0v) is 36.6. The fourth-order valence-corrected chi connectivity index (χ4v) is 8.35. The minimum absolute atomic E-state index is 0.000463. The molecule has 0 fully saturated rings. The van der Waals surface area contributed by atoms with Crippen LogP contribution < -0.4 is 0 Å². The Morgan fingerprint density at radius 2 is 1.37 bits per heavy atom. The van der Waals surface area contributed by atoms with E-state index in [9.17, 15) is 5.11 Å². The molecule has 1 aliphatic rings. The molecule has 1 N–H and O–H groups in total. The predicted octanol–water partition coefficient (Wildman–Crippen LogP) is 10.7. The lowest BCUT2D eigenvalue weighted by Gasteiger charge is -2.46. The Balaban J connectivity index is 3.87. The minimum Gasteiger partial charge on any atom is -0.416 e. The molecular weight excluding hydrogens is 623 g/mol. The van der Waals surface area contributed by atoms with E-state index in [0.717, 1.165) is 17.7 Å². The lowest BCUT2D eigenvalue weighted by molar-refractivity contribution is -0.0846. The molecule has 1 rings (SSSR count). The summed E-state index contributed by atoms with van der Waals surface area (Å²) in [5.41, 5.74) is 2.18. The highest BCUT2D eigenvalue weighted by Gasteiger charge is 2.48. The molecule has 0 unspecified atom stereocenters.